The SMILES string of the molecule is CC1CN(C(=O)COc2ccc(Br)cc2Cl)C(C)CN1Cc1ccc(F)cc1. The minimum absolute atomic E-state index is 0.0453. The zero-order valence-corrected chi connectivity index (χ0v) is 18.2. The molecule has 2 aromatic carbocycles. The Labute approximate surface area is 178 Å². The molecule has 1 amide bonds. The molecule has 0 saturated carbocycles. The van der Waals surface area contributed by atoms with Crippen molar-refractivity contribution in [1.29, 1.82) is 0 Å². The Kier molecular flexibility index (Phi) is 6.96. The maximum atomic E-state index is 13.1. The molecule has 0 bridgehead atoms. The Morgan fingerprint density at radius 3 is 2.57 bits per heavy atom. The molecule has 3 rings (SSSR count). The lowest BCUT2D eigenvalue weighted by Gasteiger charge is -2.44. The Morgan fingerprint density at radius 1 is 1.18 bits per heavy atom. The fraction of sp³-hybridized carbons (Fsp3) is 0.381. The van der Waals surface area contributed by atoms with E-state index in [1.54, 1.807) is 24.3 Å². The fourth-order valence-electron chi connectivity index (χ4n) is 3.40. The summed E-state index contributed by atoms with van der Waals surface area (Å²) in [6, 6.07) is 12.1. The van der Waals surface area contributed by atoms with Gasteiger partial charge in [-0.2, -0.15) is 0 Å². The van der Waals surface area contributed by atoms with Gasteiger partial charge in [-0.25, -0.2) is 4.39 Å². The number of piperazine rings is 1. The predicted octanol–water partition coefficient (Wildman–Crippen LogP) is 4.74. The first-order valence-corrected chi connectivity index (χ1v) is 10.4. The highest BCUT2D eigenvalue weighted by atomic mass is 79.9. The first-order valence-electron chi connectivity index (χ1n) is 9.19. The molecule has 0 radical (unpaired) electrons. The summed E-state index contributed by atoms with van der Waals surface area (Å²) in [4.78, 5) is 16.9. The van der Waals surface area contributed by atoms with Crippen LogP contribution in [0.25, 0.3) is 0 Å². The topological polar surface area (TPSA) is 32.8 Å². The number of carbonyl (C=O) groups excluding carboxylic acids is 1. The molecule has 1 fully saturated rings. The van der Waals surface area contributed by atoms with Crippen LogP contribution in [0.15, 0.2) is 46.9 Å². The smallest absolute Gasteiger partial charge is 0.260 e. The molecule has 1 aliphatic heterocycles. The number of nitrogens with zero attached hydrogens (tertiary/aromatic N) is 2. The summed E-state index contributed by atoms with van der Waals surface area (Å²) in [7, 11) is 0. The first-order chi connectivity index (χ1) is 13.3. The minimum atomic E-state index is -0.230. The van der Waals surface area contributed by atoms with Crippen molar-refractivity contribution < 1.29 is 13.9 Å². The number of halogens is 3. The van der Waals surface area contributed by atoms with Crippen molar-refractivity contribution in [3.8, 4) is 5.75 Å². The summed E-state index contributed by atoms with van der Waals surface area (Å²) >= 11 is 9.49. The van der Waals surface area contributed by atoms with Gasteiger partial charge in [-0.1, -0.05) is 39.7 Å². The third-order valence-corrected chi connectivity index (χ3v) is 5.77. The van der Waals surface area contributed by atoms with E-state index in [2.05, 4.69) is 27.8 Å². The minimum Gasteiger partial charge on any atom is -0.482 e. The van der Waals surface area contributed by atoms with Crippen LogP contribution in [-0.4, -0.2) is 47.5 Å². The highest BCUT2D eigenvalue weighted by molar-refractivity contribution is 9.10. The van der Waals surface area contributed by atoms with Gasteiger partial charge in [-0.3, -0.25) is 9.69 Å². The molecule has 2 aromatic rings. The molecule has 1 aliphatic rings. The van der Waals surface area contributed by atoms with E-state index in [1.165, 1.54) is 12.1 Å². The van der Waals surface area contributed by atoms with Gasteiger partial charge in [-0.15, -0.1) is 0 Å². The van der Waals surface area contributed by atoms with Gasteiger partial charge in [0.1, 0.15) is 11.6 Å². The zero-order valence-electron chi connectivity index (χ0n) is 15.9. The van der Waals surface area contributed by atoms with Crippen LogP contribution in [0.4, 0.5) is 4.39 Å². The number of carbonyl (C=O) groups is 1. The number of ether oxygens (including phenoxy) is 1. The lowest BCUT2D eigenvalue weighted by molar-refractivity contribution is -0.139. The maximum Gasteiger partial charge on any atom is 0.260 e. The molecular formula is C21H23BrClFN2O2. The number of amides is 1. The number of benzene rings is 2. The van der Waals surface area contributed by atoms with E-state index in [0.717, 1.165) is 23.1 Å². The van der Waals surface area contributed by atoms with Gasteiger partial charge in [0.2, 0.25) is 0 Å². The number of rotatable bonds is 5. The van der Waals surface area contributed by atoms with E-state index < -0.39 is 0 Å². The van der Waals surface area contributed by atoms with Crippen molar-refractivity contribution in [2.75, 3.05) is 19.7 Å². The summed E-state index contributed by atoms with van der Waals surface area (Å²) < 4.78 is 19.6. The molecule has 0 spiro atoms. The molecule has 150 valence electrons. The van der Waals surface area contributed by atoms with Crippen LogP contribution < -0.4 is 4.74 Å². The Hall–Kier alpha value is -1.63. The molecule has 1 saturated heterocycles. The molecule has 4 nitrogen and oxygen atoms in total. The van der Waals surface area contributed by atoms with E-state index in [1.807, 2.05) is 17.9 Å². The van der Waals surface area contributed by atoms with Crippen LogP contribution in [0, 0.1) is 5.82 Å². The second-order valence-corrected chi connectivity index (χ2v) is 8.49. The maximum absolute atomic E-state index is 13.1. The molecule has 7 heteroatoms. The molecular weight excluding hydrogens is 447 g/mol. The number of hydrogen-bond acceptors (Lipinski definition) is 3. The average Bonchev–Trinajstić information content (AvgIpc) is 2.65. The van der Waals surface area contributed by atoms with Crippen molar-refractivity contribution in [1.82, 2.24) is 9.80 Å². The van der Waals surface area contributed by atoms with E-state index in [0.29, 0.717) is 17.3 Å². The van der Waals surface area contributed by atoms with Crippen molar-refractivity contribution in [2.45, 2.75) is 32.5 Å². The third kappa shape index (κ3) is 5.25. The van der Waals surface area contributed by atoms with Gasteiger partial charge in [0.05, 0.1) is 5.02 Å². The molecule has 1 heterocycles. The fourth-order valence-corrected chi connectivity index (χ4v) is 4.13. The van der Waals surface area contributed by atoms with Crippen LogP contribution in [0.3, 0.4) is 0 Å². The van der Waals surface area contributed by atoms with Gasteiger partial charge in [0.25, 0.3) is 5.91 Å². The zero-order chi connectivity index (χ0) is 20.3. The molecule has 0 aliphatic carbocycles. The van der Waals surface area contributed by atoms with Crippen LogP contribution in [0.5, 0.6) is 5.75 Å². The standard InChI is InChI=1S/C21H23BrClFN2O2/c1-14-11-26(21(27)13-28-20-8-5-17(22)9-19(20)23)15(2)10-25(14)12-16-3-6-18(24)7-4-16/h3-9,14-15H,10-13H2,1-2H3. The van der Waals surface area contributed by atoms with Crippen LogP contribution in [-0.2, 0) is 11.3 Å². The largest absolute Gasteiger partial charge is 0.482 e. The van der Waals surface area contributed by atoms with Crippen molar-refractivity contribution in [3.05, 3.63) is 63.3 Å². The van der Waals surface area contributed by atoms with Crippen LogP contribution in [0.1, 0.15) is 19.4 Å². The first kappa shape index (κ1) is 21.1. The Morgan fingerprint density at radius 2 is 1.89 bits per heavy atom. The van der Waals surface area contributed by atoms with E-state index >= 15 is 0 Å². The summed E-state index contributed by atoms with van der Waals surface area (Å²) in [5.74, 6) is 0.208. The Balaban J connectivity index is 1.57. The second-order valence-electron chi connectivity index (χ2n) is 7.16. The number of hydrogen-bond donors (Lipinski definition) is 0. The summed E-state index contributed by atoms with van der Waals surface area (Å²) in [5.41, 5.74) is 1.06. The normalized spacial score (nSPS) is 20.2. The monoisotopic (exact) mass is 468 g/mol. The van der Waals surface area contributed by atoms with Gasteiger partial charge >= 0.3 is 0 Å². The Bertz CT molecular complexity index is 834. The van der Waals surface area contributed by atoms with Gasteiger partial charge in [0.15, 0.2) is 6.61 Å². The lowest BCUT2D eigenvalue weighted by Crippen LogP contribution is -2.58. The summed E-state index contributed by atoms with van der Waals surface area (Å²) in [5, 5.41) is 0.465. The van der Waals surface area contributed by atoms with E-state index in [9.17, 15) is 9.18 Å². The van der Waals surface area contributed by atoms with Gasteiger partial charge < -0.3 is 9.64 Å². The van der Waals surface area contributed by atoms with Crippen molar-refractivity contribution >= 4 is 33.4 Å². The molecule has 28 heavy (non-hydrogen) atoms. The van der Waals surface area contributed by atoms with E-state index in [-0.39, 0.29) is 30.4 Å². The molecule has 0 N–H and O–H groups in total. The third-order valence-electron chi connectivity index (χ3n) is 4.98. The summed E-state index contributed by atoms with van der Waals surface area (Å²) in [6.45, 7) is 6.20. The lowest BCUT2D eigenvalue weighted by atomic mass is 10.1. The highest BCUT2D eigenvalue weighted by Gasteiger charge is 2.32. The molecule has 2 unspecified atom stereocenters. The van der Waals surface area contributed by atoms with Crippen LogP contribution in [0.2, 0.25) is 5.02 Å². The van der Waals surface area contributed by atoms with Crippen molar-refractivity contribution in [3.63, 3.8) is 0 Å². The second kappa shape index (κ2) is 9.25. The molecule has 0 aromatic heterocycles. The molecule has 2 atom stereocenters. The van der Waals surface area contributed by atoms with E-state index in [4.69, 9.17) is 16.3 Å². The van der Waals surface area contributed by atoms with Gasteiger partial charge in [-0.05, 0) is 49.7 Å². The summed E-state index contributed by atoms with van der Waals surface area (Å²) in [6.07, 6.45) is 0. The van der Waals surface area contributed by atoms with Crippen molar-refractivity contribution in [2.24, 2.45) is 0 Å². The van der Waals surface area contributed by atoms with Crippen LogP contribution >= 0.6 is 27.5 Å². The predicted molar refractivity (Wildman–Crippen MR) is 112 cm³/mol. The van der Waals surface area contributed by atoms with Gasteiger partial charge in [0, 0.05) is 36.2 Å². The highest BCUT2D eigenvalue weighted by Crippen LogP contribution is 2.28. The average molecular weight is 470 g/mol. The quantitative estimate of drug-likeness (QED) is 0.634.